The topological polar surface area (TPSA) is 0 Å². The average Bonchev–Trinajstić information content (AvgIpc) is 1.76. The average molecular weight is 239 g/mol. The maximum absolute atomic E-state index is 2.33. The fourth-order valence-electron chi connectivity index (χ4n) is 0.696. The molecule has 0 aromatic rings. The van der Waals surface area contributed by atoms with E-state index in [1.54, 1.807) is 0 Å². The molecule has 0 spiro atoms. The Morgan fingerprint density at radius 1 is 0.667 bits per heavy atom. The summed E-state index contributed by atoms with van der Waals surface area (Å²) in [6, 6.07) is 0. The van der Waals surface area contributed by atoms with Crippen LogP contribution in [0.1, 0.15) is 41.5 Å². The molecule has 74 valence electrons. The van der Waals surface area contributed by atoms with Crippen LogP contribution in [0.2, 0.25) is 0 Å². The highest BCUT2D eigenvalue weighted by molar-refractivity contribution is 8.40. The Labute approximate surface area is 89.8 Å². The molecule has 0 aliphatic rings. The highest BCUT2D eigenvalue weighted by atomic mass is 32.4. The maximum atomic E-state index is 2.33. The van der Waals surface area contributed by atoms with Gasteiger partial charge in [-0.25, -0.2) is 0 Å². The minimum absolute atomic E-state index is 0.246. The summed E-state index contributed by atoms with van der Waals surface area (Å²) in [4.78, 5) is 0. The predicted octanol–water partition coefficient (Wildman–Crippen LogP) is 2.13. The van der Waals surface area contributed by atoms with Crippen LogP contribution in [-0.4, -0.2) is 25.9 Å². The monoisotopic (exact) mass is 238 g/mol. The maximum Gasteiger partial charge on any atom is 0.0845 e. The fourth-order valence-corrected chi connectivity index (χ4v) is 23.3. The van der Waals surface area contributed by atoms with Gasteiger partial charge in [0, 0.05) is 9.49 Å². The molecule has 0 unspecified atom stereocenters. The van der Waals surface area contributed by atoms with Gasteiger partial charge in [-0.1, -0.05) is 41.5 Å². The van der Waals surface area contributed by atoms with Crippen LogP contribution in [0, 0.1) is 0 Å². The van der Waals surface area contributed by atoms with Crippen LogP contribution in [0.5, 0.6) is 0 Å². The zero-order valence-electron chi connectivity index (χ0n) is 9.23. The molecule has 0 aliphatic heterocycles. The summed E-state index contributed by atoms with van der Waals surface area (Å²) in [6.07, 6.45) is 0. The standard InChI is InChI=1S/C8H22S2Si2/c1-7(2,3)9-11-12-10-8(4,5)6/h11-12H2,1-6H3. The molecule has 0 saturated heterocycles. The van der Waals surface area contributed by atoms with Crippen LogP contribution in [0.25, 0.3) is 0 Å². The molecule has 0 fully saturated rings. The Kier molecular flexibility index (Phi) is 5.61. The minimum atomic E-state index is 0.246. The third kappa shape index (κ3) is 11.1. The van der Waals surface area contributed by atoms with Gasteiger partial charge in [0.15, 0.2) is 0 Å². The Hall–Kier alpha value is 1.13. The van der Waals surface area contributed by atoms with Crippen molar-refractivity contribution >= 4 is 38.8 Å². The lowest BCUT2D eigenvalue weighted by molar-refractivity contribution is 0.809. The van der Waals surface area contributed by atoms with Crippen LogP contribution in [0.3, 0.4) is 0 Å². The minimum Gasteiger partial charge on any atom is -0.190 e. The van der Waals surface area contributed by atoms with Crippen LogP contribution in [-0.2, 0) is 0 Å². The quantitative estimate of drug-likeness (QED) is 0.546. The molecular formula is C8H22S2Si2. The van der Waals surface area contributed by atoms with E-state index in [2.05, 4.69) is 64.0 Å². The molecule has 0 atom stereocenters. The van der Waals surface area contributed by atoms with Crippen LogP contribution in [0.4, 0.5) is 0 Å². The summed E-state index contributed by atoms with van der Waals surface area (Å²) in [5, 5.41) is 0. The van der Waals surface area contributed by atoms with E-state index in [-0.39, 0.29) is 16.4 Å². The fraction of sp³-hybridized carbons (Fsp3) is 1.00. The highest BCUT2D eigenvalue weighted by Crippen LogP contribution is 2.25. The highest BCUT2D eigenvalue weighted by Gasteiger charge is 2.13. The Bertz CT molecular complexity index is 108. The molecule has 0 amide bonds. The van der Waals surface area contributed by atoms with E-state index in [1.807, 2.05) is 0 Å². The molecule has 0 heterocycles. The first kappa shape index (κ1) is 13.1. The Morgan fingerprint density at radius 2 is 0.917 bits per heavy atom. The van der Waals surface area contributed by atoms with Crippen LogP contribution < -0.4 is 0 Å². The van der Waals surface area contributed by atoms with E-state index >= 15 is 0 Å². The molecule has 0 aromatic heterocycles. The van der Waals surface area contributed by atoms with Gasteiger partial charge in [-0.2, -0.15) is 22.4 Å². The van der Waals surface area contributed by atoms with Crippen LogP contribution >= 0.6 is 22.4 Å². The molecule has 0 aliphatic carbocycles. The van der Waals surface area contributed by atoms with Gasteiger partial charge in [0.2, 0.25) is 0 Å². The molecule has 0 N–H and O–H groups in total. The molecular weight excluding hydrogens is 216 g/mol. The van der Waals surface area contributed by atoms with E-state index in [0.717, 1.165) is 0 Å². The molecule has 0 saturated carbocycles. The molecule has 0 bridgehead atoms. The van der Waals surface area contributed by atoms with Crippen molar-refractivity contribution in [3.8, 4) is 0 Å². The first-order valence-electron chi connectivity index (χ1n) is 4.49. The van der Waals surface area contributed by atoms with Gasteiger partial charge in [0.1, 0.15) is 0 Å². The molecule has 0 radical (unpaired) electrons. The van der Waals surface area contributed by atoms with Gasteiger partial charge in [-0.05, 0) is 0 Å². The van der Waals surface area contributed by atoms with Gasteiger partial charge in [-0.3, -0.25) is 0 Å². The normalized spacial score (nSPS) is 15.5. The van der Waals surface area contributed by atoms with Crippen LogP contribution in [0.15, 0.2) is 0 Å². The number of hydrogen-bond acceptors (Lipinski definition) is 2. The predicted molar refractivity (Wildman–Crippen MR) is 71.8 cm³/mol. The summed E-state index contributed by atoms with van der Waals surface area (Å²) in [5.74, 6) is 0. The molecule has 0 nitrogen and oxygen atoms in total. The van der Waals surface area contributed by atoms with Gasteiger partial charge in [0.05, 0.1) is 16.4 Å². The van der Waals surface area contributed by atoms with Crippen molar-refractivity contribution in [1.29, 1.82) is 0 Å². The zero-order valence-corrected chi connectivity index (χ0v) is 13.7. The van der Waals surface area contributed by atoms with Crippen molar-refractivity contribution in [2.45, 2.75) is 51.0 Å². The third-order valence-electron chi connectivity index (χ3n) is 1.15. The van der Waals surface area contributed by atoms with Gasteiger partial charge < -0.3 is 0 Å². The Morgan fingerprint density at radius 3 is 1.08 bits per heavy atom. The SMILES string of the molecule is CC(C)(C)S[SiH2][SiH2]SC(C)(C)C. The lowest BCUT2D eigenvalue weighted by Crippen LogP contribution is -2.16. The van der Waals surface area contributed by atoms with Crippen molar-refractivity contribution in [3.63, 3.8) is 0 Å². The summed E-state index contributed by atoms with van der Waals surface area (Å²) in [5.41, 5.74) is 0. The summed E-state index contributed by atoms with van der Waals surface area (Å²) >= 11 is 4.51. The Balaban J connectivity index is 3.35. The smallest absolute Gasteiger partial charge is 0.0845 e. The molecule has 12 heavy (non-hydrogen) atoms. The van der Waals surface area contributed by atoms with E-state index in [9.17, 15) is 0 Å². The largest absolute Gasteiger partial charge is 0.190 e. The van der Waals surface area contributed by atoms with E-state index in [4.69, 9.17) is 0 Å². The molecule has 4 heteroatoms. The van der Waals surface area contributed by atoms with Crippen molar-refractivity contribution in [2.24, 2.45) is 0 Å². The molecule has 0 aromatic carbocycles. The van der Waals surface area contributed by atoms with Crippen molar-refractivity contribution in [3.05, 3.63) is 0 Å². The second-order valence-corrected chi connectivity index (χ2v) is 20.3. The lowest BCUT2D eigenvalue weighted by Gasteiger charge is -2.20. The summed E-state index contributed by atoms with van der Waals surface area (Å²) < 4.78 is 1.05. The van der Waals surface area contributed by atoms with Gasteiger partial charge in [-0.15, -0.1) is 0 Å². The third-order valence-corrected chi connectivity index (χ3v) is 20.1. The summed E-state index contributed by atoms with van der Waals surface area (Å²) in [6.45, 7) is 14.0. The van der Waals surface area contributed by atoms with E-state index in [0.29, 0.717) is 9.49 Å². The van der Waals surface area contributed by atoms with Crippen molar-refractivity contribution < 1.29 is 0 Å². The first-order valence-corrected chi connectivity index (χ1v) is 13.9. The number of hydrogen-bond donors (Lipinski definition) is 0. The first-order chi connectivity index (χ1) is 5.21. The van der Waals surface area contributed by atoms with Crippen molar-refractivity contribution in [1.82, 2.24) is 0 Å². The van der Waals surface area contributed by atoms with Crippen molar-refractivity contribution in [2.75, 3.05) is 0 Å². The van der Waals surface area contributed by atoms with Gasteiger partial charge >= 0.3 is 0 Å². The van der Waals surface area contributed by atoms with E-state index < -0.39 is 0 Å². The lowest BCUT2D eigenvalue weighted by atomic mass is 10.3. The van der Waals surface area contributed by atoms with E-state index in [1.165, 1.54) is 0 Å². The summed E-state index contributed by atoms with van der Waals surface area (Å²) in [7, 11) is 0.492. The molecule has 0 rings (SSSR count). The second-order valence-electron chi connectivity index (χ2n) is 4.92. The zero-order chi connectivity index (χ0) is 9.83. The second kappa shape index (κ2) is 5.12. The number of rotatable bonds is 3. The van der Waals surface area contributed by atoms with Gasteiger partial charge in [0.25, 0.3) is 0 Å².